The Labute approximate surface area is 152 Å². The first-order chi connectivity index (χ1) is 11.5. The van der Waals surface area contributed by atoms with Crippen LogP contribution in [0.25, 0.3) is 0 Å². The van der Waals surface area contributed by atoms with E-state index in [9.17, 15) is 4.79 Å². The van der Waals surface area contributed by atoms with Crippen molar-refractivity contribution >= 4 is 5.78 Å². The second-order valence-corrected chi connectivity index (χ2v) is 7.78. The number of carbonyl (C=O) groups excluding carboxylic acids is 1. The number of ketones is 1. The lowest BCUT2D eigenvalue weighted by atomic mass is 9.87. The molecule has 1 atom stereocenters. The Hall–Kier alpha value is -0.850. The van der Waals surface area contributed by atoms with E-state index in [4.69, 9.17) is 0 Å². The molecule has 1 unspecified atom stereocenters. The molecule has 1 heteroatoms. The van der Waals surface area contributed by atoms with E-state index >= 15 is 0 Å². The third-order valence-electron chi connectivity index (χ3n) is 4.82. The van der Waals surface area contributed by atoms with Gasteiger partial charge in [-0.3, -0.25) is 0 Å². The van der Waals surface area contributed by atoms with Gasteiger partial charge in [-0.15, -0.1) is 6.58 Å². The third-order valence-corrected chi connectivity index (χ3v) is 4.82. The minimum absolute atomic E-state index is 0.331. The van der Waals surface area contributed by atoms with Gasteiger partial charge in [-0.2, -0.15) is 0 Å². The molecule has 0 aromatic rings. The summed E-state index contributed by atoms with van der Waals surface area (Å²) in [5.74, 6) is 1.13. The SMILES string of the molecule is C=C(C)CCCCCC(CCCCCC(C)=O)CC(=C)CCCC. The number of hydrogen-bond donors (Lipinski definition) is 0. The minimum atomic E-state index is 0.331. The predicted molar refractivity (Wildman–Crippen MR) is 108 cm³/mol. The van der Waals surface area contributed by atoms with E-state index in [1.54, 1.807) is 6.92 Å². The number of carbonyl (C=O) groups is 1. The van der Waals surface area contributed by atoms with Gasteiger partial charge in [0.1, 0.15) is 5.78 Å². The molecule has 0 aromatic carbocycles. The molecule has 0 bridgehead atoms. The molecule has 0 aliphatic rings. The summed E-state index contributed by atoms with van der Waals surface area (Å²) in [5, 5.41) is 0. The van der Waals surface area contributed by atoms with Gasteiger partial charge in [0, 0.05) is 6.42 Å². The van der Waals surface area contributed by atoms with Gasteiger partial charge in [0.2, 0.25) is 0 Å². The molecule has 0 heterocycles. The minimum Gasteiger partial charge on any atom is -0.300 e. The molecule has 0 saturated carbocycles. The summed E-state index contributed by atoms with van der Waals surface area (Å²) in [6, 6.07) is 0. The van der Waals surface area contributed by atoms with Crippen LogP contribution >= 0.6 is 0 Å². The number of rotatable bonds is 17. The molecule has 0 saturated heterocycles. The fourth-order valence-electron chi connectivity index (χ4n) is 3.31. The van der Waals surface area contributed by atoms with Crippen molar-refractivity contribution in [3.8, 4) is 0 Å². The molecule has 0 aliphatic heterocycles. The molecule has 0 aliphatic carbocycles. The lowest BCUT2D eigenvalue weighted by Gasteiger charge is -2.18. The number of unbranched alkanes of at least 4 members (excludes halogenated alkanes) is 5. The maximum atomic E-state index is 11.0. The maximum absolute atomic E-state index is 11.0. The largest absolute Gasteiger partial charge is 0.300 e. The molecule has 0 fully saturated rings. The van der Waals surface area contributed by atoms with Crippen molar-refractivity contribution < 1.29 is 4.79 Å². The number of allylic oxidation sites excluding steroid dienone is 2. The summed E-state index contributed by atoms with van der Waals surface area (Å²) in [7, 11) is 0. The fraction of sp³-hybridized carbons (Fsp3) is 0.783. The molecule has 24 heavy (non-hydrogen) atoms. The van der Waals surface area contributed by atoms with Crippen molar-refractivity contribution in [1.29, 1.82) is 0 Å². The van der Waals surface area contributed by atoms with Gasteiger partial charge < -0.3 is 4.79 Å². The second kappa shape index (κ2) is 15.7. The molecule has 1 nitrogen and oxygen atoms in total. The highest BCUT2D eigenvalue weighted by atomic mass is 16.1. The highest BCUT2D eigenvalue weighted by Gasteiger charge is 2.10. The quantitative estimate of drug-likeness (QED) is 0.196. The van der Waals surface area contributed by atoms with E-state index in [0.717, 1.165) is 18.8 Å². The highest BCUT2D eigenvalue weighted by molar-refractivity contribution is 5.75. The zero-order chi connectivity index (χ0) is 18.2. The summed E-state index contributed by atoms with van der Waals surface area (Å²) in [6.45, 7) is 14.4. The Morgan fingerprint density at radius 2 is 1.38 bits per heavy atom. The molecule has 0 radical (unpaired) electrons. The van der Waals surface area contributed by atoms with Crippen molar-refractivity contribution in [3.05, 3.63) is 24.3 Å². The van der Waals surface area contributed by atoms with Crippen LogP contribution in [0, 0.1) is 5.92 Å². The Kier molecular flexibility index (Phi) is 15.1. The van der Waals surface area contributed by atoms with E-state index < -0.39 is 0 Å². The summed E-state index contributed by atoms with van der Waals surface area (Å²) in [6.07, 6.45) is 17.0. The first-order valence-electron chi connectivity index (χ1n) is 10.3. The van der Waals surface area contributed by atoms with E-state index in [-0.39, 0.29) is 0 Å². The molecule has 0 spiro atoms. The first-order valence-corrected chi connectivity index (χ1v) is 10.3. The van der Waals surface area contributed by atoms with Crippen molar-refractivity contribution in [2.24, 2.45) is 5.92 Å². The lowest BCUT2D eigenvalue weighted by Crippen LogP contribution is -2.03. The monoisotopic (exact) mass is 334 g/mol. The average molecular weight is 335 g/mol. The Bertz CT molecular complexity index is 329. The van der Waals surface area contributed by atoms with Gasteiger partial charge in [-0.1, -0.05) is 69.6 Å². The van der Waals surface area contributed by atoms with Gasteiger partial charge in [0.15, 0.2) is 0 Å². The van der Waals surface area contributed by atoms with E-state index in [1.807, 2.05) is 0 Å². The first kappa shape index (κ1) is 23.1. The number of Topliss-reactive ketones (excluding diaryl/α,β-unsaturated/α-hetero) is 1. The van der Waals surface area contributed by atoms with Gasteiger partial charge in [0.25, 0.3) is 0 Å². The summed E-state index contributed by atoms with van der Waals surface area (Å²) in [4.78, 5) is 11.0. The van der Waals surface area contributed by atoms with Gasteiger partial charge in [-0.05, 0) is 58.3 Å². The van der Waals surface area contributed by atoms with Crippen molar-refractivity contribution in [2.45, 2.75) is 111 Å². The van der Waals surface area contributed by atoms with Crippen LogP contribution in [-0.2, 0) is 4.79 Å². The Morgan fingerprint density at radius 1 is 0.792 bits per heavy atom. The molecular weight excluding hydrogens is 292 g/mol. The molecule has 0 N–H and O–H groups in total. The van der Waals surface area contributed by atoms with Crippen LogP contribution in [0.1, 0.15) is 111 Å². The van der Waals surface area contributed by atoms with Crippen molar-refractivity contribution in [3.63, 3.8) is 0 Å². The number of hydrogen-bond acceptors (Lipinski definition) is 1. The van der Waals surface area contributed by atoms with Gasteiger partial charge in [0.05, 0.1) is 0 Å². The molecule has 140 valence electrons. The predicted octanol–water partition coefficient (Wildman–Crippen LogP) is 7.81. The highest BCUT2D eigenvalue weighted by Crippen LogP contribution is 2.26. The maximum Gasteiger partial charge on any atom is 0.129 e. The topological polar surface area (TPSA) is 17.1 Å². The lowest BCUT2D eigenvalue weighted by molar-refractivity contribution is -0.117. The molecule has 0 rings (SSSR count). The zero-order valence-corrected chi connectivity index (χ0v) is 16.8. The van der Waals surface area contributed by atoms with Crippen molar-refractivity contribution in [2.75, 3.05) is 0 Å². The van der Waals surface area contributed by atoms with E-state index in [2.05, 4.69) is 27.0 Å². The standard InChI is InChI=1S/C23H42O/c1-6-7-15-21(4)19-23(17-12-8-10-14-20(2)3)18-13-9-11-16-22(5)24/h23H,2,4,6-19H2,1,3,5H3. The molecular formula is C23H42O. The van der Waals surface area contributed by atoms with E-state index in [1.165, 1.54) is 88.2 Å². The van der Waals surface area contributed by atoms with Gasteiger partial charge >= 0.3 is 0 Å². The van der Waals surface area contributed by atoms with Crippen LogP contribution in [0.2, 0.25) is 0 Å². The van der Waals surface area contributed by atoms with Crippen LogP contribution in [-0.4, -0.2) is 5.78 Å². The van der Waals surface area contributed by atoms with Crippen LogP contribution < -0.4 is 0 Å². The third kappa shape index (κ3) is 16.0. The van der Waals surface area contributed by atoms with Gasteiger partial charge in [-0.25, -0.2) is 0 Å². The van der Waals surface area contributed by atoms with Crippen LogP contribution in [0.4, 0.5) is 0 Å². The normalized spacial score (nSPS) is 12.1. The molecule has 0 amide bonds. The van der Waals surface area contributed by atoms with Crippen LogP contribution in [0.15, 0.2) is 24.3 Å². The average Bonchev–Trinajstić information content (AvgIpc) is 2.51. The Balaban J connectivity index is 4.05. The van der Waals surface area contributed by atoms with E-state index in [0.29, 0.717) is 5.78 Å². The summed E-state index contributed by atoms with van der Waals surface area (Å²) >= 11 is 0. The summed E-state index contributed by atoms with van der Waals surface area (Å²) < 4.78 is 0. The van der Waals surface area contributed by atoms with Crippen LogP contribution in [0.5, 0.6) is 0 Å². The smallest absolute Gasteiger partial charge is 0.129 e. The van der Waals surface area contributed by atoms with Crippen molar-refractivity contribution in [1.82, 2.24) is 0 Å². The summed E-state index contributed by atoms with van der Waals surface area (Å²) in [5.41, 5.74) is 2.76. The zero-order valence-electron chi connectivity index (χ0n) is 16.8. The fourth-order valence-corrected chi connectivity index (χ4v) is 3.31. The molecule has 0 aromatic heterocycles. The second-order valence-electron chi connectivity index (χ2n) is 7.78. The van der Waals surface area contributed by atoms with Crippen LogP contribution in [0.3, 0.4) is 0 Å². The Morgan fingerprint density at radius 3 is 1.88 bits per heavy atom.